The lowest BCUT2D eigenvalue weighted by atomic mass is 9.79. The zero-order chi connectivity index (χ0) is 19.1. The van der Waals surface area contributed by atoms with Gasteiger partial charge in [0.2, 0.25) is 11.8 Å². The normalized spacial score (nSPS) is 20.7. The van der Waals surface area contributed by atoms with Gasteiger partial charge in [-0.1, -0.05) is 38.3 Å². The van der Waals surface area contributed by atoms with E-state index in [9.17, 15) is 4.79 Å². The van der Waals surface area contributed by atoms with E-state index in [2.05, 4.69) is 20.4 Å². The van der Waals surface area contributed by atoms with Crippen LogP contribution < -0.4 is 5.32 Å². The largest absolute Gasteiger partial charge is 0.379 e. The van der Waals surface area contributed by atoms with E-state index in [1.807, 2.05) is 13.8 Å². The minimum absolute atomic E-state index is 0.121. The van der Waals surface area contributed by atoms with Crippen LogP contribution in [-0.4, -0.2) is 59.3 Å². The highest BCUT2D eigenvalue weighted by molar-refractivity contribution is 5.75. The maximum atomic E-state index is 12.4. The summed E-state index contributed by atoms with van der Waals surface area (Å²) < 4.78 is 10.8. The molecule has 2 fully saturated rings. The van der Waals surface area contributed by atoms with Crippen molar-refractivity contribution in [3.05, 3.63) is 11.7 Å². The number of hydrogen-bond donors (Lipinski definition) is 1. The van der Waals surface area contributed by atoms with Crippen molar-refractivity contribution in [1.82, 2.24) is 20.4 Å². The number of aromatic nitrogens is 2. The van der Waals surface area contributed by atoms with E-state index in [0.717, 1.165) is 45.1 Å². The number of nitrogens with zero attached hydrogens (tertiary/aromatic N) is 3. The van der Waals surface area contributed by atoms with Gasteiger partial charge in [0.05, 0.1) is 13.2 Å². The summed E-state index contributed by atoms with van der Waals surface area (Å²) in [7, 11) is 0. The molecule has 0 aromatic carbocycles. The highest BCUT2D eigenvalue weighted by Gasteiger charge is 2.38. The van der Waals surface area contributed by atoms with Crippen molar-refractivity contribution in [1.29, 1.82) is 0 Å². The van der Waals surface area contributed by atoms with E-state index in [0.29, 0.717) is 18.7 Å². The lowest BCUT2D eigenvalue weighted by Gasteiger charge is -2.48. The van der Waals surface area contributed by atoms with E-state index in [4.69, 9.17) is 9.26 Å². The molecule has 27 heavy (non-hydrogen) atoms. The third-order valence-corrected chi connectivity index (χ3v) is 5.88. The summed E-state index contributed by atoms with van der Waals surface area (Å²) in [5.41, 5.74) is 0.121. The van der Waals surface area contributed by atoms with Crippen molar-refractivity contribution in [2.24, 2.45) is 0 Å². The van der Waals surface area contributed by atoms with Crippen LogP contribution in [0.2, 0.25) is 0 Å². The van der Waals surface area contributed by atoms with Crippen molar-refractivity contribution < 1.29 is 14.1 Å². The van der Waals surface area contributed by atoms with Gasteiger partial charge in [-0.05, 0) is 19.3 Å². The predicted molar refractivity (Wildman–Crippen MR) is 103 cm³/mol. The van der Waals surface area contributed by atoms with Crippen molar-refractivity contribution >= 4 is 5.91 Å². The minimum atomic E-state index is 0.121. The zero-order valence-electron chi connectivity index (χ0n) is 16.8. The summed E-state index contributed by atoms with van der Waals surface area (Å²) in [5, 5.41) is 7.18. The molecule has 0 radical (unpaired) electrons. The molecule has 1 amide bonds. The van der Waals surface area contributed by atoms with Crippen LogP contribution in [0.5, 0.6) is 0 Å². The topological polar surface area (TPSA) is 80.5 Å². The summed E-state index contributed by atoms with van der Waals surface area (Å²) in [6.07, 6.45) is 8.05. The highest BCUT2D eigenvalue weighted by atomic mass is 16.5. The van der Waals surface area contributed by atoms with Crippen LogP contribution in [0.1, 0.15) is 76.4 Å². The molecular formula is C20H34N4O3. The van der Waals surface area contributed by atoms with Crippen molar-refractivity contribution in [3.63, 3.8) is 0 Å². The second kappa shape index (κ2) is 9.64. The van der Waals surface area contributed by atoms with Crippen LogP contribution >= 0.6 is 0 Å². The number of carbonyl (C=O) groups is 1. The molecule has 1 saturated carbocycles. The van der Waals surface area contributed by atoms with Crippen molar-refractivity contribution in [2.45, 2.75) is 76.7 Å². The summed E-state index contributed by atoms with van der Waals surface area (Å²) in [4.78, 5) is 19.3. The first-order chi connectivity index (χ1) is 13.1. The van der Waals surface area contributed by atoms with Gasteiger partial charge in [-0.2, -0.15) is 4.98 Å². The van der Waals surface area contributed by atoms with E-state index < -0.39 is 0 Å². The first-order valence-electron chi connectivity index (χ1n) is 10.5. The zero-order valence-corrected chi connectivity index (χ0v) is 16.8. The smallest absolute Gasteiger partial charge is 0.226 e. The van der Waals surface area contributed by atoms with Crippen LogP contribution in [-0.2, 0) is 16.0 Å². The maximum absolute atomic E-state index is 12.4. The van der Waals surface area contributed by atoms with Gasteiger partial charge < -0.3 is 14.6 Å². The molecular weight excluding hydrogens is 344 g/mol. The van der Waals surface area contributed by atoms with Gasteiger partial charge in [-0.25, -0.2) is 0 Å². The standard InChI is InChI=1S/C20H34N4O3/c1-16(2)19-22-18(27-23-19)8-6-7-17(25)21-15-20(9-4-3-5-10-20)24-11-13-26-14-12-24/h16H,3-15H2,1-2H3,(H,21,25). The average molecular weight is 379 g/mol. The molecule has 2 aliphatic rings. The number of rotatable bonds is 8. The number of nitrogens with one attached hydrogen (secondary N) is 1. The molecule has 1 saturated heterocycles. The van der Waals surface area contributed by atoms with Gasteiger partial charge in [-0.15, -0.1) is 0 Å². The van der Waals surface area contributed by atoms with Gasteiger partial charge in [0, 0.05) is 43.9 Å². The molecule has 152 valence electrons. The Kier molecular flexibility index (Phi) is 7.24. The Balaban J connectivity index is 1.44. The average Bonchev–Trinajstić information content (AvgIpc) is 3.17. The lowest BCUT2D eigenvalue weighted by molar-refractivity contribution is -0.122. The maximum Gasteiger partial charge on any atom is 0.226 e. The Hall–Kier alpha value is -1.47. The Morgan fingerprint density at radius 2 is 1.96 bits per heavy atom. The molecule has 1 aliphatic heterocycles. The Bertz CT molecular complexity index is 590. The van der Waals surface area contributed by atoms with Gasteiger partial charge >= 0.3 is 0 Å². The summed E-state index contributed by atoms with van der Waals surface area (Å²) in [6, 6.07) is 0. The number of hydrogen-bond acceptors (Lipinski definition) is 6. The van der Waals surface area contributed by atoms with E-state index in [1.165, 1.54) is 32.1 Å². The Morgan fingerprint density at radius 3 is 2.63 bits per heavy atom. The molecule has 7 nitrogen and oxygen atoms in total. The molecule has 1 aromatic heterocycles. The molecule has 0 spiro atoms. The van der Waals surface area contributed by atoms with E-state index in [1.54, 1.807) is 0 Å². The van der Waals surface area contributed by atoms with Gasteiger partial charge in [-0.3, -0.25) is 9.69 Å². The number of morpholine rings is 1. The third kappa shape index (κ3) is 5.51. The van der Waals surface area contributed by atoms with Gasteiger partial charge in [0.1, 0.15) is 0 Å². The predicted octanol–water partition coefficient (Wildman–Crippen LogP) is 2.67. The Labute approximate surface area is 162 Å². The first kappa shape index (κ1) is 20.3. The van der Waals surface area contributed by atoms with Crippen LogP contribution in [0.25, 0.3) is 0 Å². The number of aryl methyl sites for hydroxylation is 1. The molecule has 0 unspecified atom stereocenters. The second-order valence-corrected chi connectivity index (χ2v) is 8.22. The Morgan fingerprint density at radius 1 is 1.22 bits per heavy atom. The fourth-order valence-electron chi connectivity index (χ4n) is 4.21. The fourth-order valence-corrected chi connectivity index (χ4v) is 4.21. The number of ether oxygens (including phenoxy) is 1. The summed E-state index contributed by atoms with van der Waals surface area (Å²) in [5.74, 6) is 1.75. The summed E-state index contributed by atoms with van der Waals surface area (Å²) in [6.45, 7) is 8.39. The molecule has 7 heteroatoms. The minimum Gasteiger partial charge on any atom is -0.379 e. The molecule has 1 N–H and O–H groups in total. The molecule has 0 atom stereocenters. The van der Waals surface area contributed by atoms with E-state index in [-0.39, 0.29) is 17.4 Å². The van der Waals surface area contributed by atoms with E-state index >= 15 is 0 Å². The molecule has 1 aromatic rings. The lowest BCUT2D eigenvalue weighted by Crippen LogP contribution is -2.59. The van der Waals surface area contributed by atoms with Crippen LogP contribution in [0.3, 0.4) is 0 Å². The second-order valence-electron chi connectivity index (χ2n) is 8.22. The molecule has 2 heterocycles. The third-order valence-electron chi connectivity index (χ3n) is 5.88. The van der Waals surface area contributed by atoms with Crippen molar-refractivity contribution in [3.8, 4) is 0 Å². The molecule has 1 aliphatic carbocycles. The fraction of sp³-hybridized carbons (Fsp3) is 0.850. The first-order valence-corrected chi connectivity index (χ1v) is 10.5. The monoisotopic (exact) mass is 378 g/mol. The SMILES string of the molecule is CC(C)c1noc(CCCC(=O)NCC2(N3CCOCC3)CCCCC2)n1. The summed E-state index contributed by atoms with van der Waals surface area (Å²) >= 11 is 0. The number of amides is 1. The van der Waals surface area contributed by atoms with Crippen molar-refractivity contribution in [2.75, 3.05) is 32.8 Å². The molecule has 3 rings (SSSR count). The highest BCUT2D eigenvalue weighted by Crippen LogP contribution is 2.33. The van der Waals surface area contributed by atoms with Gasteiger partial charge in [0.15, 0.2) is 5.82 Å². The van der Waals surface area contributed by atoms with Crippen LogP contribution in [0.4, 0.5) is 0 Å². The van der Waals surface area contributed by atoms with Gasteiger partial charge in [0.25, 0.3) is 0 Å². The number of carbonyl (C=O) groups excluding carboxylic acids is 1. The van der Waals surface area contributed by atoms with Crippen LogP contribution in [0, 0.1) is 0 Å². The quantitative estimate of drug-likeness (QED) is 0.749. The van der Waals surface area contributed by atoms with Crippen LogP contribution in [0.15, 0.2) is 4.52 Å². The molecule has 0 bridgehead atoms.